The van der Waals surface area contributed by atoms with Crippen molar-refractivity contribution in [1.29, 1.82) is 0 Å². The van der Waals surface area contributed by atoms with Crippen molar-refractivity contribution in [2.45, 2.75) is 19.8 Å². The summed E-state index contributed by atoms with van der Waals surface area (Å²) >= 11 is 6.04. The van der Waals surface area contributed by atoms with Gasteiger partial charge in [0.25, 0.3) is 5.91 Å². The zero-order valence-corrected chi connectivity index (χ0v) is 12.6. The molecule has 1 aliphatic heterocycles. The summed E-state index contributed by atoms with van der Waals surface area (Å²) in [6.45, 7) is 6.27. The molecule has 5 heteroatoms. The second kappa shape index (κ2) is 6.95. The molecule has 0 saturated carbocycles. The first-order valence-electron chi connectivity index (χ1n) is 7.15. The highest BCUT2D eigenvalue weighted by Gasteiger charge is 2.19. The van der Waals surface area contributed by atoms with Crippen molar-refractivity contribution >= 4 is 23.2 Å². The van der Waals surface area contributed by atoms with Crippen LogP contribution in [-0.2, 0) is 0 Å². The molecule has 3 N–H and O–H groups in total. The van der Waals surface area contributed by atoms with Gasteiger partial charge in [0, 0.05) is 12.2 Å². The molecule has 2 rings (SSSR count). The number of piperidine rings is 1. The van der Waals surface area contributed by atoms with Crippen LogP contribution in [0, 0.1) is 5.92 Å². The first-order valence-corrected chi connectivity index (χ1v) is 7.53. The van der Waals surface area contributed by atoms with E-state index in [-0.39, 0.29) is 5.91 Å². The Bertz CT molecular complexity index is 470. The third-order valence-corrected chi connectivity index (χ3v) is 4.26. The number of nitrogens with one attached hydrogen (secondary N) is 1. The van der Waals surface area contributed by atoms with E-state index in [9.17, 15) is 4.79 Å². The van der Waals surface area contributed by atoms with Gasteiger partial charge in [-0.1, -0.05) is 18.5 Å². The fourth-order valence-electron chi connectivity index (χ4n) is 2.55. The summed E-state index contributed by atoms with van der Waals surface area (Å²) in [5.41, 5.74) is 6.68. The molecule has 110 valence electrons. The third kappa shape index (κ3) is 3.87. The van der Waals surface area contributed by atoms with Gasteiger partial charge in [0.1, 0.15) is 0 Å². The minimum atomic E-state index is -0.118. The maximum absolute atomic E-state index is 12.1. The Morgan fingerprint density at radius 3 is 2.75 bits per heavy atom. The molecule has 1 saturated heterocycles. The number of hydrogen-bond donors (Lipinski definition) is 2. The van der Waals surface area contributed by atoms with Crippen LogP contribution in [0.1, 0.15) is 30.1 Å². The van der Waals surface area contributed by atoms with Crippen LogP contribution < -0.4 is 11.1 Å². The lowest BCUT2D eigenvalue weighted by Crippen LogP contribution is -2.38. The second-order valence-corrected chi connectivity index (χ2v) is 5.73. The fourth-order valence-corrected chi connectivity index (χ4v) is 2.83. The van der Waals surface area contributed by atoms with Crippen molar-refractivity contribution in [3.63, 3.8) is 0 Å². The fraction of sp³-hybridized carbons (Fsp3) is 0.533. The van der Waals surface area contributed by atoms with Gasteiger partial charge in [-0.05, 0) is 56.6 Å². The molecule has 20 heavy (non-hydrogen) atoms. The number of nitrogen functional groups attached to an aromatic ring is 1. The maximum Gasteiger partial charge on any atom is 0.252 e. The average molecular weight is 296 g/mol. The SMILES string of the molecule is CCN1CCC(CNC(=O)c2ccc(N)cc2Cl)CC1. The smallest absolute Gasteiger partial charge is 0.252 e. The molecule has 0 atom stereocenters. The van der Waals surface area contributed by atoms with Crippen LogP contribution in [0.5, 0.6) is 0 Å². The third-order valence-electron chi connectivity index (χ3n) is 3.94. The Labute approximate surface area is 125 Å². The molecule has 0 aliphatic carbocycles. The van der Waals surface area contributed by atoms with Gasteiger partial charge in [0.05, 0.1) is 10.6 Å². The van der Waals surface area contributed by atoms with Crippen molar-refractivity contribution in [1.82, 2.24) is 10.2 Å². The molecule has 1 heterocycles. The Morgan fingerprint density at radius 1 is 1.45 bits per heavy atom. The molecule has 1 amide bonds. The molecule has 1 aromatic rings. The Morgan fingerprint density at radius 2 is 2.15 bits per heavy atom. The largest absolute Gasteiger partial charge is 0.399 e. The van der Waals surface area contributed by atoms with Crippen LogP contribution >= 0.6 is 11.6 Å². The van der Waals surface area contributed by atoms with E-state index in [2.05, 4.69) is 17.1 Å². The van der Waals surface area contributed by atoms with Gasteiger partial charge in [-0.25, -0.2) is 0 Å². The van der Waals surface area contributed by atoms with Gasteiger partial charge < -0.3 is 16.0 Å². The summed E-state index contributed by atoms with van der Waals surface area (Å²) < 4.78 is 0. The second-order valence-electron chi connectivity index (χ2n) is 5.33. The van der Waals surface area contributed by atoms with Gasteiger partial charge in [-0.2, -0.15) is 0 Å². The summed E-state index contributed by atoms with van der Waals surface area (Å²) in [6, 6.07) is 4.98. The number of hydrogen-bond acceptors (Lipinski definition) is 3. The number of likely N-dealkylation sites (tertiary alicyclic amines) is 1. The standard InChI is InChI=1S/C15H22ClN3O/c1-2-19-7-5-11(6-8-19)10-18-15(20)13-4-3-12(17)9-14(13)16/h3-4,9,11H,2,5-8,10,17H2,1H3,(H,18,20). The Kier molecular flexibility index (Phi) is 5.26. The Hall–Kier alpha value is -1.26. The van der Waals surface area contributed by atoms with E-state index in [0.717, 1.165) is 39.0 Å². The number of halogens is 1. The number of carbonyl (C=O) groups is 1. The van der Waals surface area contributed by atoms with Crippen molar-refractivity contribution < 1.29 is 4.79 Å². The first-order chi connectivity index (χ1) is 9.60. The van der Waals surface area contributed by atoms with Crippen molar-refractivity contribution in [2.75, 3.05) is 31.9 Å². The average Bonchev–Trinajstić information content (AvgIpc) is 2.45. The number of nitrogens with two attached hydrogens (primary N) is 1. The topological polar surface area (TPSA) is 58.4 Å². The summed E-state index contributed by atoms with van der Waals surface area (Å²) in [7, 11) is 0. The molecular weight excluding hydrogens is 274 g/mol. The van der Waals surface area contributed by atoms with Crippen LogP contribution in [0.25, 0.3) is 0 Å². The molecule has 4 nitrogen and oxygen atoms in total. The number of nitrogens with zero attached hydrogens (tertiary/aromatic N) is 1. The van der Waals surface area contributed by atoms with Gasteiger partial charge in [-0.3, -0.25) is 4.79 Å². The van der Waals surface area contributed by atoms with Crippen LogP contribution in [-0.4, -0.2) is 37.0 Å². The highest BCUT2D eigenvalue weighted by Crippen LogP contribution is 2.20. The quantitative estimate of drug-likeness (QED) is 0.839. The molecule has 1 fully saturated rings. The van der Waals surface area contributed by atoms with Gasteiger partial charge in [0.15, 0.2) is 0 Å². The molecular formula is C15H22ClN3O. The predicted molar refractivity (Wildman–Crippen MR) is 83.0 cm³/mol. The zero-order chi connectivity index (χ0) is 14.5. The number of benzene rings is 1. The maximum atomic E-state index is 12.1. The first kappa shape index (κ1) is 15.1. The lowest BCUT2D eigenvalue weighted by Gasteiger charge is -2.31. The molecule has 0 radical (unpaired) electrons. The van der Waals surface area contributed by atoms with E-state index in [0.29, 0.717) is 22.2 Å². The van der Waals surface area contributed by atoms with E-state index in [1.165, 1.54) is 0 Å². The van der Waals surface area contributed by atoms with E-state index in [1.807, 2.05) is 0 Å². The van der Waals surface area contributed by atoms with Gasteiger partial charge in [0.2, 0.25) is 0 Å². The number of amides is 1. The summed E-state index contributed by atoms with van der Waals surface area (Å²) in [6.07, 6.45) is 2.28. The number of carbonyl (C=O) groups excluding carboxylic acids is 1. The molecule has 0 bridgehead atoms. The summed E-state index contributed by atoms with van der Waals surface area (Å²) in [5.74, 6) is 0.447. The zero-order valence-electron chi connectivity index (χ0n) is 11.9. The van der Waals surface area contributed by atoms with E-state index >= 15 is 0 Å². The molecule has 1 aliphatic rings. The van der Waals surface area contributed by atoms with Crippen LogP contribution in [0.15, 0.2) is 18.2 Å². The van der Waals surface area contributed by atoms with E-state index in [1.54, 1.807) is 18.2 Å². The summed E-state index contributed by atoms with van der Waals surface area (Å²) in [5, 5.41) is 3.38. The number of rotatable bonds is 4. The molecule has 0 unspecified atom stereocenters. The lowest BCUT2D eigenvalue weighted by molar-refractivity contribution is 0.0937. The normalized spacial score (nSPS) is 17.1. The highest BCUT2D eigenvalue weighted by molar-refractivity contribution is 6.34. The van der Waals surface area contributed by atoms with Crippen molar-refractivity contribution in [3.8, 4) is 0 Å². The molecule has 1 aromatic carbocycles. The number of anilines is 1. The van der Waals surface area contributed by atoms with Crippen LogP contribution in [0.2, 0.25) is 5.02 Å². The lowest BCUT2D eigenvalue weighted by atomic mass is 9.97. The van der Waals surface area contributed by atoms with Crippen molar-refractivity contribution in [2.24, 2.45) is 5.92 Å². The summed E-state index contributed by atoms with van der Waals surface area (Å²) in [4.78, 5) is 14.5. The highest BCUT2D eigenvalue weighted by atomic mass is 35.5. The molecule has 0 aromatic heterocycles. The van der Waals surface area contributed by atoms with Crippen molar-refractivity contribution in [3.05, 3.63) is 28.8 Å². The van der Waals surface area contributed by atoms with Gasteiger partial charge in [-0.15, -0.1) is 0 Å². The van der Waals surface area contributed by atoms with Crippen LogP contribution in [0.4, 0.5) is 5.69 Å². The predicted octanol–water partition coefficient (Wildman–Crippen LogP) is 2.38. The van der Waals surface area contributed by atoms with Crippen LogP contribution in [0.3, 0.4) is 0 Å². The van der Waals surface area contributed by atoms with E-state index in [4.69, 9.17) is 17.3 Å². The molecule has 0 spiro atoms. The minimum absolute atomic E-state index is 0.118. The minimum Gasteiger partial charge on any atom is -0.399 e. The monoisotopic (exact) mass is 295 g/mol. The van der Waals surface area contributed by atoms with E-state index < -0.39 is 0 Å². The van der Waals surface area contributed by atoms with Gasteiger partial charge >= 0.3 is 0 Å². The Balaban J connectivity index is 1.83.